The Labute approximate surface area is 306 Å². The first-order valence-electron chi connectivity index (χ1n) is 20.1. The molecule has 0 saturated heterocycles. The number of rotatable bonds is 24. The lowest BCUT2D eigenvalue weighted by Crippen LogP contribution is -2.50. The second-order valence-electron chi connectivity index (χ2n) is 15.2. The van der Waals surface area contributed by atoms with Gasteiger partial charge in [-0.15, -0.1) is 0 Å². The Hall–Kier alpha value is -0.320. The molecule has 0 aromatic heterocycles. The van der Waals surface area contributed by atoms with Gasteiger partial charge in [-0.05, 0) is 79.1 Å². The van der Waals surface area contributed by atoms with Gasteiger partial charge in [0.15, 0.2) is 0 Å². The van der Waals surface area contributed by atoms with Crippen molar-refractivity contribution >= 4 is 0 Å². The third-order valence-electron chi connectivity index (χ3n) is 9.42. The molecule has 0 spiro atoms. The van der Waals surface area contributed by atoms with Crippen LogP contribution in [0.5, 0.6) is 0 Å². The Balaban J connectivity index is -0.0000000771. The fourth-order valence-corrected chi connectivity index (χ4v) is 6.55. The van der Waals surface area contributed by atoms with E-state index in [-0.39, 0.29) is 21.9 Å². The topological polar surface area (TPSA) is 120 Å². The molecule has 0 rings (SSSR count). The van der Waals surface area contributed by atoms with Crippen molar-refractivity contribution in [2.24, 2.45) is 0 Å². The van der Waals surface area contributed by atoms with Crippen molar-refractivity contribution in [1.82, 2.24) is 0 Å². The predicted octanol–water partition coefficient (Wildman–Crippen LogP) is 9.94. The van der Waals surface area contributed by atoms with Crippen LogP contribution in [0.25, 0.3) is 0 Å². The normalized spacial score (nSPS) is 11.0. The average Bonchev–Trinajstić information content (AvgIpc) is 2.98. The molecule has 0 aliphatic heterocycles. The van der Waals surface area contributed by atoms with Gasteiger partial charge in [0, 0.05) is 0 Å². The maximum atomic E-state index is 2.33. The molecular weight excluding hydrogens is 600 g/mol. The Morgan fingerprint density at radius 3 is 0.521 bits per heavy atom. The highest BCUT2D eigenvalue weighted by Crippen LogP contribution is 2.16. The van der Waals surface area contributed by atoms with Crippen LogP contribution in [0.4, 0.5) is 0 Å². The maximum Gasteiger partial charge on any atom is 0.0786 e. The summed E-state index contributed by atoms with van der Waals surface area (Å²) < 4.78 is 5.07. The average molecular weight is 701 g/mol. The Kier molecular flexibility index (Phi) is 58.9. The monoisotopic (exact) mass is 701 g/mol. The summed E-state index contributed by atoms with van der Waals surface area (Å²) in [5.41, 5.74) is 0. The van der Waals surface area contributed by atoms with Crippen molar-refractivity contribution in [3.05, 3.63) is 0 Å². The summed E-state index contributed by atoms with van der Waals surface area (Å²) in [6.07, 6.45) is 16.4. The highest BCUT2D eigenvalue weighted by atomic mass is 16.0. The van der Waals surface area contributed by atoms with Gasteiger partial charge in [-0.25, -0.2) is 0 Å². The SMILES string of the molecule is CCCC[N+](CCCC)(CCCC)CCCC.CCC[N+](CCC)(CCC)CCC.CC[N+](CC)(CC)CC.C[N+](C)(C)C.[OH-].[OH-].[OH-].[OH-]. The first-order chi connectivity index (χ1) is 20.7. The molecule has 4 N–H and O–H groups in total. The molecule has 0 unspecified atom stereocenters. The van der Waals surface area contributed by atoms with Gasteiger partial charge >= 0.3 is 0 Å². The molecule has 48 heavy (non-hydrogen) atoms. The standard InChI is InChI=1S/C16H36N.C12H28N.C8H20N.C4H12N.4H2O/c1-5-9-13-17(14-10-6-2,15-11-7-3)16-12-8-4;1-5-9-13(10-6-2,11-7-3)12-8-4;1-5-9(6-2,7-3)8-4;1-5(2,3)4;;;;/h5-16H2,1-4H3;5-12H2,1-4H3;5-8H2,1-4H3;1-4H3;4*1H2/q4*+1;;;;/p-4. The van der Waals surface area contributed by atoms with Crippen LogP contribution in [0, 0.1) is 0 Å². The van der Waals surface area contributed by atoms with Crippen LogP contribution >= 0.6 is 0 Å². The lowest BCUT2D eigenvalue weighted by Gasteiger charge is -2.39. The van der Waals surface area contributed by atoms with Crippen molar-refractivity contribution in [3.8, 4) is 0 Å². The van der Waals surface area contributed by atoms with Gasteiger partial charge < -0.3 is 39.8 Å². The molecule has 0 saturated carbocycles. The minimum atomic E-state index is 0. The highest BCUT2D eigenvalue weighted by molar-refractivity contribution is 4.49. The Morgan fingerprint density at radius 2 is 0.417 bits per heavy atom. The molecule has 304 valence electrons. The van der Waals surface area contributed by atoms with E-state index in [0.29, 0.717) is 0 Å². The van der Waals surface area contributed by atoms with E-state index in [1.165, 1.54) is 169 Å². The fraction of sp³-hybridized carbons (Fsp3) is 1.00. The molecular formula is C40H100N4O4. The summed E-state index contributed by atoms with van der Waals surface area (Å²) in [6.45, 7) is 44.0. The van der Waals surface area contributed by atoms with Gasteiger partial charge in [-0.2, -0.15) is 0 Å². The third-order valence-corrected chi connectivity index (χ3v) is 9.42. The van der Waals surface area contributed by atoms with Gasteiger partial charge in [0.05, 0.1) is 107 Å². The van der Waals surface area contributed by atoms with E-state index in [4.69, 9.17) is 0 Å². The van der Waals surface area contributed by atoms with E-state index in [2.05, 4.69) is 111 Å². The number of nitrogens with zero attached hydrogens (tertiary/aromatic N) is 4. The largest absolute Gasteiger partial charge is 0.870 e. The summed E-state index contributed by atoms with van der Waals surface area (Å²) in [7, 11) is 8.50. The van der Waals surface area contributed by atoms with Crippen LogP contribution < -0.4 is 0 Å². The van der Waals surface area contributed by atoms with E-state index >= 15 is 0 Å². The van der Waals surface area contributed by atoms with E-state index < -0.39 is 0 Å². The summed E-state index contributed by atoms with van der Waals surface area (Å²) >= 11 is 0. The van der Waals surface area contributed by atoms with E-state index in [1.54, 1.807) is 0 Å². The first kappa shape index (κ1) is 66.0. The molecule has 0 amide bonds. The highest BCUT2D eigenvalue weighted by Gasteiger charge is 2.25. The fourth-order valence-electron chi connectivity index (χ4n) is 6.55. The summed E-state index contributed by atoms with van der Waals surface area (Å²) in [6, 6.07) is 0. The second kappa shape index (κ2) is 42.8. The molecule has 0 aliphatic carbocycles. The maximum absolute atomic E-state index is 2.33. The number of hydrogen-bond acceptors (Lipinski definition) is 4. The summed E-state index contributed by atoms with van der Waals surface area (Å²) in [4.78, 5) is 0. The van der Waals surface area contributed by atoms with Crippen LogP contribution in [-0.2, 0) is 0 Å². The predicted molar refractivity (Wildman–Crippen MR) is 214 cm³/mol. The zero-order valence-corrected chi connectivity index (χ0v) is 36.5. The lowest BCUT2D eigenvalue weighted by atomic mass is 10.1. The van der Waals surface area contributed by atoms with Gasteiger partial charge in [-0.1, -0.05) is 81.1 Å². The van der Waals surface area contributed by atoms with Gasteiger partial charge in [0.25, 0.3) is 0 Å². The van der Waals surface area contributed by atoms with Crippen LogP contribution in [0.2, 0.25) is 0 Å². The van der Waals surface area contributed by atoms with Crippen molar-refractivity contribution in [2.45, 2.75) is 160 Å². The lowest BCUT2D eigenvalue weighted by molar-refractivity contribution is -0.929. The van der Waals surface area contributed by atoms with Gasteiger partial charge in [0.1, 0.15) is 0 Å². The van der Waals surface area contributed by atoms with Crippen LogP contribution in [-0.4, -0.2) is 147 Å². The molecule has 8 nitrogen and oxygen atoms in total. The van der Waals surface area contributed by atoms with Crippen LogP contribution in [0.15, 0.2) is 0 Å². The van der Waals surface area contributed by atoms with Gasteiger partial charge in [0.2, 0.25) is 0 Å². The molecule has 0 atom stereocenters. The molecule has 0 fully saturated rings. The van der Waals surface area contributed by atoms with E-state index in [9.17, 15) is 0 Å². The minimum Gasteiger partial charge on any atom is -0.870 e. The summed E-state index contributed by atoms with van der Waals surface area (Å²) in [5.74, 6) is 0. The van der Waals surface area contributed by atoms with Crippen molar-refractivity contribution in [1.29, 1.82) is 0 Å². The second-order valence-corrected chi connectivity index (χ2v) is 15.2. The molecule has 8 heteroatoms. The van der Waals surface area contributed by atoms with Crippen LogP contribution in [0.3, 0.4) is 0 Å². The third kappa shape index (κ3) is 40.1. The van der Waals surface area contributed by atoms with Gasteiger partial charge in [-0.3, -0.25) is 0 Å². The van der Waals surface area contributed by atoms with E-state index in [0.717, 1.165) is 4.48 Å². The minimum absolute atomic E-state index is 0. The Bertz CT molecular complexity index is 465. The zero-order chi connectivity index (χ0) is 35.0. The molecule has 0 aromatic carbocycles. The Morgan fingerprint density at radius 1 is 0.250 bits per heavy atom. The number of unbranched alkanes of at least 4 members (excludes halogenated alkanes) is 4. The molecule has 0 aromatic rings. The van der Waals surface area contributed by atoms with Crippen LogP contribution in [0.1, 0.15) is 160 Å². The first-order valence-corrected chi connectivity index (χ1v) is 20.1. The quantitative estimate of drug-likeness (QED) is 0.0931. The number of hydrogen-bond donors (Lipinski definition) is 0. The molecule has 0 aliphatic rings. The smallest absolute Gasteiger partial charge is 0.0786 e. The zero-order valence-electron chi connectivity index (χ0n) is 36.5. The molecule has 0 heterocycles. The van der Waals surface area contributed by atoms with Crippen molar-refractivity contribution in [2.75, 3.05) is 107 Å². The van der Waals surface area contributed by atoms with Crippen molar-refractivity contribution < 1.29 is 39.8 Å². The van der Waals surface area contributed by atoms with Crippen molar-refractivity contribution in [3.63, 3.8) is 0 Å². The number of quaternary nitrogens is 4. The molecule has 0 bridgehead atoms. The molecule has 0 radical (unpaired) electrons. The van der Waals surface area contributed by atoms with E-state index in [1.807, 2.05) is 0 Å². The summed E-state index contributed by atoms with van der Waals surface area (Å²) in [5, 5.41) is 0.